The fourth-order valence-electron chi connectivity index (χ4n) is 2.44. The molecule has 0 saturated heterocycles. The summed E-state index contributed by atoms with van der Waals surface area (Å²) in [6, 6.07) is 12.2. The van der Waals surface area contributed by atoms with Crippen LogP contribution in [0.1, 0.15) is 0 Å². The Hall–Kier alpha value is -2.97. The van der Waals surface area contributed by atoms with E-state index in [1.54, 1.807) is 12.1 Å². The molecule has 1 heterocycles. The molecule has 0 unspecified atom stereocenters. The number of nitro benzene ring substituents is 1. The highest BCUT2D eigenvalue weighted by Gasteiger charge is 2.17. The van der Waals surface area contributed by atoms with Crippen molar-refractivity contribution in [1.29, 1.82) is 0 Å². The van der Waals surface area contributed by atoms with E-state index < -0.39 is 4.92 Å². The first-order valence-electron chi connectivity index (χ1n) is 7.79. The van der Waals surface area contributed by atoms with E-state index in [9.17, 15) is 10.1 Å². The quantitative estimate of drug-likeness (QED) is 0.213. The Bertz CT molecular complexity index is 1020. The van der Waals surface area contributed by atoms with Gasteiger partial charge in [-0.15, -0.1) is 22.9 Å². The van der Waals surface area contributed by atoms with Gasteiger partial charge in [-0.2, -0.15) is 0 Å². The van der Waals surface area contributed by atoms with E-state index in [0.29, 0.717) is 22.8 Å². The van der Waals surface area contributed by atoms with Crippen molar-refractivity contribution in [2.24, 2.45) is 10.7 Å². The number of nitro groups is 1. The summed E-state index contributed by atoms with van der Waals surface area (Å²) in [6.45, 7) is 0. The minimum atomic E-state index is -0.474. The number of nitrogens with zero attached hydrogens (tertiary/aromatic N) is 3. The standard InChI is InChI=1S/C18H15ClN4O3S/c1-26-16-6-5-11(8-15(16)23(24)25)14-10-27-18(22-14)12-3-2-4-13(7-12)21-17(20)9-19/h2-8,10H,9H2,1H3,(H2,20,21). The normalized spacial score (nSPS) is 11.4. The van der Waals surface area contributed by atoms with Gasteiger partial charge in [0.25, 0.3) is 0 Å². The molecule has 2 N–H and O–H groups in total. The lowest BCUT2D eigenvalue weighted by atomic mass is 10.1. The predicted octanol–water partition coefficient (Wildman–Crippen LogP) is 4.62. The molecule has 1 aromatic heterocycles. The number of ether oxygens (including phenoxy) is 1. The van der Waals surface area contributed by atoms with Crippen molar-refractivity contribution < 1.29 is 9.66 Å². The van der Waals surface area contributed by atoms with Crippen LogP contribution in [0.3, 0.4) is 0 Å². The van der Waals surface area contributed by atoms with Gasteiger partial charge in [0.05, 0.1) is 29.3 Å². The van der Waals surface area contributed by atoms with Crippen molar-refractivity contribution in [3.8, 4) is 27.6 Å². The third kappa shape index (κ3) is 4.24. The van der Waals surface area contributed by atoms with E-state index in [1.165, 1.54) is 24.5 Å². The number of hydrogen-bond donors (Lipinski definition) is 1. The molecule has 0 bridgehead atoms. The molecular formula is C18H15ClN4O3S. The monoisotopic (exact) mass is 402 g/mol. The first-order valence-corrected chi connectivity index (χ1v) is 9.21. The molecule has 0 aliphatic carbocycles. The number of halogens is 1. The summed E-state index contributed by atoms with van der Waals surface area (Å²) in [5, 5.41) is 13.8. The van der Waals surface area contributed by atoms with E-state index >= 15 is 0 Å². The third-order valence-electron chi connectivity index (χ3n) is 3.68. The first-order chi connectivity index (χ1) is 13.0. The van der Waals surface area contributed by atoms with Gasteiger partial charge in [0.2, 0.25) is 0 Å². The molecule has 27 heavy (non-hydrogen) atoms. The average molecular weight is 403 g/mol. The number of methoxy groups -OCH3 is 1. The highest BCUT2D eigenvalue weighted by atomic mass is 35.5. The molecule has 0 radical (unpaired) electrons. The molecule has 0 fully saturated rings. The van der Waals surface area contributed by atoms with E-state index in [4.69, 9.17) is 22.1 Å². The van der Waals surface area contributed by atoms with E-state index in [1.807, 2.05) is 29.6 Å². The van der Waals surface area contributed by atoms with Crippen molar-refractivity contribution in [2.45, 2.75) is 0 Å². The van der Waals surface area contributed by atoms with Crippen molar-refractivity contribution >= 4 is 40.1 Å². The van der Waals surface area contributed by atoms with Gasteiger partial charge in [-0.05, 0) is 24.3 Å². The number of benzene rings is 2. The number of amidine groups is 1. The number of hydrogen-bond acceptors (Lipinski definition) is 6. The second kappa shape index (κ2) is 8.15. The lowest BCUT2D eigenvalue weighted by molar-refractivity contribution is -0.385. The van der Waals surface area contributed by atoms with Crippen LogP contribution in [-0.2, 0) is 0 Å². The van der Waals surface area contributed by atoms with E-state index in [2.05, 4.69) is 9.98 Å². The van der Waals surface area contributed by atoms with Crippen LogP contribution in [0, 0.1) is 10.1 Å². The topological polar surface area (TPSA) is 104 Å². The highest BCUT2D eigenvalue weighted by Crippen LogP contribution is 2.35. The molecule has 0 atom stereocenters. The number of nitrogens with two attached hydrogens (primary N) is 1. The summed E-state index contributed by atoms with van der Waals surface area (Å²) in [5.74, 6) is 0.697. The molecule has 0 aliphatic rings. The first kappa shape index (κ1) is 18.8. The maximum absolute atomic E-state index is 11.2. The zero-order valence-corrected chi connectivity index (χ0v) is 15.8. The zero-order valence-electron chi connectivity index (χ0n) is 14.3. The number of alkyl halides is 1. The minimum Gasteiger partial charge on any atom is -0.490 e. The Morgan fingerprint density at radius 3 is 2.85 bits per heavy atom. The molecule has 3 rings (SSSR count). The van der Waals surface area contributed by atoms with Gasteiger partial charge in [-0.25, -0.2) is 9.98 Å². The smallest absolute Gasteiger partial charge is 0.311 e. The van der Waals surface area contributed by atoms with Crippen LogP contribution in [0.25, 0.3) is 21.8 Å². The fourth-order valence-corrected chi connectivity index (χ4v) is 3.32. The summed E-state index contributed by atoms with van der Waals surface area (Å²) in [7, 11) is 1.40. The molecule has 7 nitrogen and oxygen atoms in total. The Labute approximate surface area is 164 Å². The Balaban J connectivity index is 1.95. The summed E-state index contributed by atoms with van der Waals surface area (Å²) < 4.78 is 5.03. The van der Waals surface area contributed by atoms with Gasteiger partial charge < -0.3 is 10.5 Å². The summed E-state index contributed by atoms with van der Waals surface area (Å²) in [6.07, 6.45) is 0. The second-order valence-corrected chi connectivity index (χ2v) is 6.59. The Morgan fingerprint density at radius 1 is 1.33 bits per heavy atom. The maximum Gasteiger partial charge on any atom is 0.311 e. The van der Waals surface area contributed by atoms with Crippen molar-refractivity contribution in [1.82, 2.24) is 4.98 Å². The van der Waals surface area contributed by atoms with E-state index in [-0.39, 0.29) is 17.3 Å². The minimum absolute atomic E-state index is 0.0996. The molecule has 0 saturated carbocycles. The van der Waals surface area contributed by atoms with Crippen LogP contribution < -0.4 is 10.5 Å². The number of thiazole rings is 1. The molecule has 0 spiro atoms. The summed E-state index contributed by atoms with van der Waals surface area (Å²) in [4.78, 5) is 19.6. The molecule has 2 aromatic carbocycles. The van der Waals surface area contributed by atoms with Gasteiger partial charge in [-0.3, -0.25) is 10.1 Å². The van der Waals surface area contributed by atoms with E-state index in [0.717, 1.165) is 10.6 Å². The number of aromatic nitrogens is 1. The summed E-state index contributed by atoms with van der Waals surface area (Å²) >= 11 is 7.10. The molecule has 0 aliphatic heterocycles. The Morgan fingerprint density at radius 2 is 2.15 bits per heavy atom. The number of rotatable bonds is 6. The van der Waals surface area contributed by atoms with Crippen LogP contribution in [0.15, 0.2) is 52.8 Å². The zero-order chi connectivity index (χ0) is 19.4. The van der Waals surface area contributed by atoms with Crippen molar-refractivity contribution in [3.05, 3.63) is 58.0 Å². The van der Waals surface area contributed by atoms with Crippen LogP contribution in [-0.4, -0.2) is 28.7 Å². The highest BCUT2D eigenvalue weighted by molar-refractivity contribution is 7.13. The average Bonchev–Trinajstić information content (AvgIpc) is 3.17. The molecule has 0 amide bonds. The number of aliphatic imine (C=N–C) groups is 1. The second-order valence-electron chi connectivity index (χ2n) is 5.47. The Kier molecular flexibility index (Phi) is 5.68. The maximum atomic E-state index is 11.2. The van der Waals surface area contributed by atoms with Crippen LogP contribution in [0.4, 0.5) is 11.4 Å². The van der Waals surface area contributed by atoms with Crippen molar-refractivity contribution in [2.75, 3.05) is 13.0 Å². The molecule has 9 heteroatoms. The fraction of sp³-hybridized carbons (Fsp3) is 0.111. The largest absolute Gasteiger partial charge is 0.490 e. The molecule has 138 valence electrons. The van der Waals surface area contributed by atoms with Gasteiger partial charge in [0.1, 0.15) is 10.8 Å². The van der Waals surface area contributed by atoms with Gasteiger partial charge in [0, 0.05) is 22.6 Å². The summed E-state index contributed by atoms with van der Waals surface area (Å²) in [5.41, 5.74) is 8.42. The molecule has 3 aromatic rings. The van der Waals surface area contributed by atoms with Crippen LogP contribution in [0.2, 0.25) is 0 Å². The SMILES string of the molecule is COc1ccc(-c2csc(-c3cccc(N=C(N)CCl)c3)n2)cc1[N+](=O)[O-]. The van der Waals surface area contributed by atoms with Gasteiger partial charge in [-0.1, -0.05) is 12.1 Å². The third-order valence-corrected chi connectivity index (χ3v) is 4.84. The lowest BCUT2D eigenvalue weighted by Crippen LogP contribution is -2.12. The lowest BCUT2D eigenvalue weighted by Gasteiger charge is -2.03. The molecular weight excluding hydrogens is 388 g/mol. The van der Waals surface area contributed by atoms with Crippen molar-refractivity contribution in [3.63, 3.8) is 0 Å². The van der Waals surface area contributed by atoms with Crippen LogP contribution in [0.5, 0.6) is 5.75 Å². The predicted molar refractivity (Wildman–Crippen MR) is 108 cm³/mol. The van der Waals surface area contributed by atoms with Gasteiger partial charge in [0.15, 0.2) is 5.75 Å². The van der Waals surface area contributed by atoms with Gasteiger partial charge >= 0.3 is 5.69 Å². The van der Waals surface area contributed by atoms with Crippen LogP contribution >= 0.6 is 22.9 Å².